The number of carbonyl (C=O) groups is 1. The zero-order chi connectivity index (χ0) is 37.7. The zero-order valence-electron chi connectivity index (χ0n) is 33.1. The number of fused-ring (bicyclic) bond motifs is 3. The summed E-state index contributed by atoms with van der Waals surface area (Å²) >= 11 is 1.90. The van der Waals surface area contributed by atoms with Crippen LogP contribution >= 0.6 is 11.3 Å². The summed E-state index contributed by atoms with van der Waals surface area (Å²) in [5.74, 6) is 1.19. The second-order valence-electron chi connectivity index (χ2n) is 15.5. The number of pyridine rings is 1. The summed E-state index contributed by atoms with van der Waals surface area (Å²) in [5, 5.41) is 14.5. The van der Waals surface area contributed by atoms with Crippen LogP contribution in [0.4, 0.5) is 0 Å². The molecule has 0 aliphatic carbocycles. The van der Waals surface area contributed by atoms with Gasteiger partial charge in [-0.25, -0.2) is 0 Å². The fourth-order valence-electron chi connectivity index (χ4n) is 7.20. The van der Waals surface area contributed by atoms with E-state index in [0.717, 1.165) is 59.7 Å². The first-order valence-corrected chi connectivity index (χ1v) is 19.9. The van der Waals surface area contributed by atoms with Gasteiger partial charge in [0.05, 0.1) is 12.0 Å². The van der Waals surface area contributed by atoms with Gasteiger partial charge < -0.3 is 9.52 Å². The number of carbonyl (C=O) groups excluding carboxylic acids is 1. The summed E-state index contributed by atoms with van der Waals surface area (Å²) in [6, 6.07) is 25.6. The smallest absolute Gasteiger partial charge is 0.219 e. The fraction of sp³-hybridized carbons (Fsp3) is 0.404. The molecule has 6 aromatic rings. The van der Waals surface area contributed by atoms with Crippen molar-refractivity contribution in [3.63, 3.8) is 0 Å². The minimum absolute atomic E-state index is 0. The Morgan fingerprint density at radius 3 is 2.23 bits per heavy atom. The molecule has 6 rings (SSSR count). The van der Waals surface area contributed by atoms with Gasteiger partial charge in [-0.2, -0.15) is 0 Å². The molecule has 1 radical (unpaired) electrons. The molecule has 0 saturated carbocycles. The molecule has 6 heteroatoms. The zero-order valence-corrected chi connectivity index (χ0v) is 36.4. The molecule has 3 heterocycles. The van der Waals surface area contributed by atoms with Crippen molar-refractivity contribution in [3.05, 3.63) is 101 Å². The third kappa shape index (κ3) is 9.57. The largest absolute Gasteiger partial charge is 0.512 e. The number of aliphatic hydroxyl groups is 1. The summed E-state index contributed by atoms with van der Waals surface area (Å²) in [5.41, 5.74) is 7.67. The van der Waals surface area contributed by atoms with Crippen LogP contribution in [0.1, 0.15) is 104 Å². The Balaban J connectivity index is 0.000000335. The summed E-state index contributed by atoms with van der Waals surface area (Å²) in [7, 11) is 0. The normalized spacial score (nSPS) is 12.2. The molecule has 0 bridgehead atoms. The first kappa shape index (κ1) is 42.2. The molecule has 0 spiro atoms. The van der Waals surface area contributed by atoms with E-state index >= 15 is 0 Å². The summed E-state index contributed by atoms with van der Waals surface area (Å²) < 4.78 is 7.20. The minimum atomic E-state index is -0.00315. The summed E-state index contributed by atoms with van der Waals surface area (Å²) in [6.07, 6.45) is 7.76. The van der Waals surface area contributed by atoms with E-state index in [1.54, 1.807) is 6.26 Å². The van der Waals surface area contributed by atoms with Gasteiger partial charge in [-0.05, 0) is 84.6 Å². The standard InChI is InChI=1S/C34H32NOS.C13H24O2.Ir/c1-20(2)15-28-21(3)37-32-18-23(11-12-26(28)32)29-19-31(35-33-27(29)13-14-36-33)24-16-22-9-7-8-10-25(22)30(17-24)34(4,5)6;1-5-10(6-2)12(14)9-13(15)11(7-3)8-4;/h7-14,17-20H,15H2,1-6H3;9-11,14H,5-8H2,1-4H3;/q-1;;/b;12-9-;. The Hall–Kier alpha value is -3.57. The number of ketones is 1. The number of aliphatic hydroxyl groups excluding tert-OH is 1. The van der Waals surface area contributed by atoms with Gasteiger partial charge >= 0.3 is 0 Å². The van der Waals surface area contributed by atoms with E-state index in [1.165, 1.54) is 43.1 Å². The predicted molar refractivity (Wildman–Crippen MR) is 222 cm³/mol. The molecular weight excluding hydrogens is 851 g/mol. The van der Waals surface area contributed by atoms with Gasteiger partial charge in [0.2, 0.25) is 5.71 Å². The average molecular weight is 907 g/mol. The molecule has 53 heavy (non-hydrogen) atoms. The maximum Gasteiger partial charge on any atom is 0.219 e. The molecule has 0 aliphatic heterocycles. The van der Waals surface area contributed by atoms with Crippen molar-refractivity contribution in [2.24, 2.45) is 17.8 Å². The van der Waals surface area contributed by atoms with Crippen LogP contribution < -0.4 is 0 Å². The Kier molecular flexibility index (Phi) is 14.5. The molecule has 0 unspecified atom stereocenters. The SMILES string of the molecule is CCC(CC)C(=O)/C=C(\O)C(CC)CC.Cc1sc2cc(-c3cc(-c4[c-]c5ccccc5c(C(C)(C)C)c4)nc4occc34)ccc2c1CC(C)C.[Ir]. The van der Waals surface area contributed by atoms with E-state index in [-0.39, 0.29) is 48.9 Å². The fourth-order valence-corrected chi connectivity index (χ4v) is 8.33. The van der Waals surface area contributed by atoms with E-state index in [0.29, 0.717) is 11.6 Å². The Bertz CT molecular complexity index is 2190. The van der Waals surface area contributed by atoms with Crippen LogP contribution in [0.2, 0.25) is 0 Å². The average Bonchev–Trinajstić information content (AvgIpc) is 3.71. The first-order chi connectivity index (χ1) is 24.8. The molecule has 3 aromatic heterocycles. The molecule has 0 saturated heterocycles. The van der Waals surface area contributed by atoms with Gasteiger partial charge in [-0.15, -0.1) is 40.5 Å². The van der Waals surface area contributed by atoms with Crippen molar-refractivity contribution < 1.29 is 34.4 Å². The number of hydrogen-bond donors (Lipinski definition) is 1. The van der Waals surface area contributed by atoms with Crippen molar-refractivity contribution in [2.45, 2.75) is 107 Å². The van der Waals surface area contributed by atoms with Crippen molar-refractivity contribution >= 4 is 49.1 Å². The van der Waals surface area contributed by atoms with E-state index in [1.807, 2.05) is 45.1 Å². The van der Waals surface area contributed by atoms with E-state index in [9.17, 15) is 9.90 Å². The van der Waals surface area contributed by atoms with Crippen LogP contribution in [0.15, 0.2) is 83.2 Å². The van der Waals surface area contributed by atoms with Crippen molar-refractivity contribution in [2.75, 3.05) is 0 Å². The molecule has 0 amide bonds. The van der Waals surface area contributed by atoms with Crippen LogP contribution in [0.25, 0.3) is 54.3 Å². The van der Waals surface area contributed by atoms with Crippen LogP contribution in [0.5, 0.6) is 0 Å². The number of rotatable bonds is 11. The Morgan fingerprint density at radius 1 is 0.906 bits per heavy atom. The van der Waals surface area contributed by atoms with E-state index < -0.39 is 0 Å². The molecule has 0 fully saturated rings. The molecule has 1 N–H and O–H groups in total. The molecule has 4 nitrogen and oxygen atoms in total. The van der Waals surface area contributed by atoms with Crippen LogP contribution in [-0.2, 0) is 36.7 Å². The topological polar surface area (TPSA) is 63.3 Å². The Labute approximate surface area is 334 Å². The molecule has 283 valence electrons. The van der Waals surface area contributed by atoms with E-state index in [2.05, 4.69) is 102 Å². The number of aromatic nitrogens is 1. The van der Waals surface area contributed by atoms with Crippen molar-refractivity contribution in [1.82, 2.24) is 4.98 Å². The number of benzene rings is 3. The Morgan fingerprint density at radius 2 is 1.58 bits per heavy atom. The van der Waals surface area contributed by atoms with Gasteiger partial charge in [0, 0.05) is 58.7 Å². The number of aryl methyl sites for hydroxylation is 1. The quantitative estimate of drug-likeness (QED) is 0.0799. The van der Waals surface area contributed by atoms with E-state index in [4.69, 9.17) is 9.40 Å². The van der Waals surface area contributed by atoms with Gasteiger partial charge in [0.15, 0.2) is 5.78 Å². The molecule has 0 atom stereocenters. The first-order valence-electron chi connectivity index (χ1n) is 19.1. The van der Waals surface area contributed by atoms with Crippen molar-refractivity contribution in [3.8, 4) is 22.4 Å². The summed E-state index contributed by atoms with van der Waals surface area (Å²) in [4.78, 5) is 18.1. The van der Waals surface area contributed by atoms with Gasteiger partial charge in [0.25, 0.3) is 0 Å². The van der Waals surface area contributed by atoms with Crippen LogP contribution in [0.3, 0.4) is 0 Å². The second-order valence-corrected chi connectivity index (χ2v) is 16.8. The monoisotopic (exact) mass is 907 g/mol. The van der Waals surface area contributed by atoms with Gasteiger partial charge in [-0.3, -0.25) is 9.78 Å². The maximum atomic E-state index is 11.7. The van der Waals surface area contributed by atoms with Gasteiger partial charge in [0.1, 0.15) is 0 Å². The minimum Gasteiger partial charge on any atom is -0.512 e. The van der Waals surface area contributed by atoms with Crippen LogP contribution in [-0.4, -0.2) is 15.9 Å². The predicted octanol–water partition coefficient (Wildman–Crippen LogP) is 14.0. The number of thiophene rings is 1. The summed E-state index contributed by atoms with van der Waals surface area (Å²) in [6.45, 7) is 21.7. The number of furan rings is 1. The molecule has 3 aromatic carbocycles. The number of nitrogens with zero attached hydrogens (tertiary/aromatic N) is 1. The second kappa shape index (κ2) is 18.2. The van der Waals surface area contributed by atoms with Crippen LogP contribution in [0, 0.1) is 30.7 Å². The number of hydrogen-bond acceptors (Lipinski definition) is 5. The maximum absolute atomic E-state index is 11.7. The van der Waals surface area contributed by atoms with Crippen molar-refractivity contribution in [1.29, 1.82) is 0 Å². The van der Waals surface area contributed by atoms with Gasteiger partial charge in [-0.1, -0.05) is 110 Å². The molecule has 0 aliphatic rings. The third-order valence-corrected chi connectivity index (χ3v) is 11.4. The third-order valence-electron chi connectivity index (χ3n) is 10.3. The molecular formula is C47H56IrNO3S-. The number of allylic oxidation sites excluding steroid dienone is 2.